The van der Waals surface area contributed by atoms with E-state index in [1.54, 1.807) is 0 Å². The molecule has 13 saturated carbocycles. The van der Waals surface area contributed by atoms with Crippen molar-refractivity contribution >= 4 is 35.6 Å². The van der Waals surface area contributed by atoms with Gasteiger partial charge in [-0.25, -0.2) is 0 Å². The maximum absolute atomic E-state index is 14.8. The number of rotatable bonds is 39. The average Bonchev–Trinajstić information content (AvgIpc) is 1.30. The number of aliphatic hydroxyl groups excluding tert-OH is 5. The Morgan fingerprint density at radius 2 is 0.639 bits per heavy atom. The Balaban J connectivity index is 0.545. The molecule has 0 heterocycles. The van der Waals surface area contributed by atoms with Gasteiger partial charge in [-0.05, 0) is 357 Å². The third-order valence-electron chi connectivity index (χ3n) is 40.0. The lowest BCUT2D eigenvalue weighted by Crippen LogP contribution is -2.62. The third kappa shape index (κ3) is 19.2. The molecule has 0 saturated heterocycles. The van der Waals surface area contributed by atoms with Crippen LogP contribution in [0.15, 0.2) is 0 Å². The first kappa shape index (κ1) is 96.1. The monoisotopic (exact) mass is 1710 g/mol. The molecule has 13 fully saturated rings. The summed E-state index contributed by atoms with van der Waals surface area (Å²) in [4.78, 5) is 78.9. The van der Waals surface area contributed by atoms with Crippen molar-refractivity contribution in [2.24, 2.45) is 155 Å². The zero-order chi connectivity index (χ0) is 87.9. The van der Waals surface area contributed by atoms with Gasteiger partial charge in [0.2, 0.25) is 17.7 Å². The largest absolute Gasteiger partial charge is 0.481 e. The van der Waals surface area contributed by atoms with Crippen molar-refractivity contribution in [2.75, 3.05) is 39.5 Å². The van der Waals surface area contributed by atoms with Gasteiger partial charge in [0.1, 0.15) is 0 Å². The highest BCUT2D eigenvalue weighted by molar-refractivity contribution is 5.90. The number of carbonyl (C=O) groups excluding carboxylic acids is 3. The van der Waals surface area contributed by atoms with Gasteiger partial charge in [0.15, 0.2) is 0 Å². The molecule has 0 spiro atoms. The van der Waals surface area contributed by atoms with Crippen LogP contribution in [0.3, 0.4) is 0 Å². The van der Waals surface area contributed by atoms with Crippen molar-refractivity contribution in [3.63, 3.8) is 0 Å². The second-order valence-electron chi connectivity index (χ2n) is 46.9. The molecule has 122 heavy (non-hydrogen) atoms. The molecule has 20 nitrogen and oxygen atoms in total. The third-order valence-corrected chi connectivity index (χ3v) is 40.0. The highest BCUT2D eigenvalue weighted by Gasteiger charge is 2.70. The SMILES string of the molecule is C[C@H](CCC(=O)O)[C@H]1CC[C@H]2[C@@H]3CC[C@@H]4C[C@@H](OCCCCCCNC(=O)C5(C)CC(C)(C(=O)NCCCCCCO[C@H]6CCC7(C)[C@@H](C6)C[C@@H](O)[C@@H]6[C@@H]7C[C@H](O)[C@]7(C)[C@@H]([C@H](C)CCC(=O)O)CC[C@@H]67)CC(C)(C(=O)NCCCCCCO[C@H]6CC[C@]7(C)C8C[C@H](O)[C@]9(C)[C@@H]([C@H](C)CCC(=O)O)CC[C@H]9[C@@H]8[C@H](O)C[C@@H]7C6)C5)CC[C@]4(C)[C@H]3C[C@H](O)[C@]12C. The number of nitrogens with one attached hydrogen (secondary N) is 3. The Morgan fingerprint density at radius 1 is 0.336 bits per heavy atom. The summed E-state index contributed by atoms with van der Waals surface area (Å²) >= 11 is 0. The van der Waals surface area contributed by atoms with E-state index in [0.717, 1.165) is 199 Å². The zero-order valence-electron chi connectivity index (χ0n) is 77.9. The van der Waals surface area contributed by atoms with Gasteiger partial charge in [-0.15, -0.1) is 0 Å². The molecular formula is C102H171N3O17. The smallest absolute Gasteiger partial charge is 0.303 e. The van der Waals surface area contributed by atoms with Gasteiger partial charge >= 0.3 is 17.9 Å². The van der Waals surface area contributed by atoms with Crippen LogP contribution in [0, 0.1) is 155 Å². The van der Waals surface area contributed by atoms with Crippen LogP contribution in [-0.4, -0.2) is 165 Å². The number of hydrogen-bond donors (Lipinski definition) is 11. The summed E-state index contributed by atoms with van der Waals surface area (Å²) in [5.74, 6) is 3.03. The van der Waals surface area contributed by atoms with Gasteiger partial charge in [0.05, 0.1) is 48.8 Å². The molecule has 0 aromatic carbocycles. The second kappa shape index (κ2) is 39.3. The van der Waals surface area contributed by atoms with Crippen LogP contribution in [0.4, 0.5) is 0 Å². The minimum absolute atomic E-state index is 0.0213. The number of hydrogen-bond acceptors (Lipinski definition) is 14. The molecule has 5 unspecified atom stereocenters. The molecule has 0 aliphatic heterocycles. The van der Waals surface area contributed by atoms with E-state index in [9.17, 15) is 69.6 Å². The second-order valence-corrected chi connectivity index (χ2v) is 46.9. The summed E-state index contributed by atoms with van der Waals surface area (Å²) in [6, 6.07) is 0. The summed E-state index contributed by atoms with van der Waals surface area (Å²) in [5, 5.41) is 98.8. The number of ether oxygens (including phenoxy) is 3. The van der Waals surface area contributed by atoms with E-state index in [2.05, 4.69) is 78.3 Å². The van der Waals surface area contributed by atoms with Crippen molar-refractivity contribution in [3.05, 3.63) is 0 Å². The van der Waals surface area contributed by atoms with Gasteiger partial charge in [-0.3, -0.25) is 28.8 Å². The molecule has 0 radical (unpaired) electrons. The van der Waals surface area contributed by atoms with Crippen LogP contribution in [0.5, 0.6) is 0 Å². The normalized spacial score (nSPS) is 45.1. The number of aliphatic carboxylic acids is 3. The lowest BCUT2D eigenvalue weighted by molar-refractivity contribution is -0.209. The van der Waals surface area contributed by atoms with Crippen LogP contribution in [0.25, 0.3) is 0 Å². The van der Waals surface area contributed by atoms with Crippen molar-refractivity contribution in [2.45, 2.75) is 408 Å². The van der Waals surface area contributed by atoms with Crippen LogP contribution in [0.1, 0.15) is 359 Å². The molecule has 0 bridgehead atoms. The van der Waals surface area contributed by atoms with E-state index in [1.165, 1.54) is 12.8 Å². The molecule has 35 atom stereocenters. The zero-order valence-corrected chi connectivity index (χ0v) is 77.9. The Hall–Kier alpha value is -3.50. The summed E-state index contributed by atoms with van der Waals surface area (Å²) in [5.41, 5.74) is -3.51. The highest BCUT2D eigenvalue weighted by Crippen LogP contribution is 2.73. The molecule has 20 heteroatoms. The molecule has 0 aromatic rings. The van der Waals surface area contributed by atoms with E-state index in [-0.39, 0.29) is 159 Å². The minimum Gasteiger partial charge on any atom is -0.481 e. The summed E-state index contributed by atoms with van der Waals surface area (Å²) < 4.78 is 20.0. The predicted molar refractivity (Wildman–Crippen MR) is 473 cm³/mol. The highest BCUT2D eigenvalue weighted by atomic mass is 16.5. The van der Waals surface area contributed by atoms with Crippen LogP contribution >= 0.6 is 0 Å². The molecule has 0 aromatic heterocycles. The van der Waals surface area contributed by atoms with Crippen molar-refractivity contribution in [1.29, 1.82) is 0 Å². The number of aliphatic hydroxyl groups is 5. The molecule has 13 aliphatic rings. The molecule has 13 rings (SSSR count). The number of carboxylic acids is 3. The number of carbonyl (C=O) groups is 6. The van der Waals surface area contributed by atoms with E-state index in [4.69, 9.17) is 14.2 Å². The first-order valence-electron chi connectivity index (χ1n) is 50.5. The van der Waals surface area contributed by atoms with Crippen molar-refractivity contribution in [3.8, 4) is 0 Å². The van der Waals surface area contributed by atoms with Gasteiger partial charge in [-0.2, -0.15) is 0 Å². The van der Waals surface area contributed by atoms with Gasteiger partial charge < -0.3 is 71.0 Å². The lowest BCUT2D eigenvalue weighted by atomic mass is 9.43. The summed E-state index contributed by atoms with van der Waals surface area (Å²) in [7, 11) is 0. The molecule has 696 valence electrons. The van der Waals surface area contributed by atoms with Crippen LogP contribution in [-0.2, 0) is 43.0 Å². The van der Waals surface area contributed by atoms with Crippen molar-refractivity contribution < 1.29 is 83.8 Å². The fraction of sp³-hybridized carbons (Fsp3) is 0.941. The minimum atomic E-state index is -0.987. The van der Waals surface area contributed by atoms with E-state index in [1.807, 2.05) is 20.8 Å². The maximum Gasteiger partial charge on any atom is 0.303 e. The fourth-order valence-electron chi connectivity index (χ4n) is 33.5. The maximum atomic E-state index is 14.8. The van der Waals surface area contributed by atoms with Gasteiger partial charge in [-0.1, -0.05) is 122 Å². The Labute approximate surface area is 734 Å². The summed E-state index contributed by atoms with van der Waals surface area (Å²) in [6.07, 6.45) is 34.1. The molecule has 13 aliphatic carbocycles. The van der Waals surface area contributed by atoms with E-state index >= 15 is 0 Å². The van der Waals surface area contributed by atoms with Gasteiger partial charge in [0.25, 0.3) is 0 Å². The predicted octanol–water partition coefficient (Wildman–Crippen LogP) is 17.7. The number of fused-ring (bicyclic) bond motifs is 15. The fourth-order valence-corrected chi connectivity index (χ4v) is 33.5. The van der Waals surface area contributed by atoms with E-state index in [0.29, 0.717) is 126 Å². The Morgan fingerprint density at radius 3 is 0.984 bits per heavy atom. The van der Waals surface area contributed by atoms with Crippen LogP contribution < -0.4 is 16.0 Å². The standard InChI is InChI=1S/C102H171N3O17/c1-62(25-36-86(111)112)72-30-33-75-71-29-28-65-51-68(39-42-97(65,7)78(71)56-83(108)100(72,75)10)120-48-22-16-13-19-45-103-91(117)94(4)59-95(5,92(118)104-46-20-14-17-23-49-121-69-40-43-98(8)66(52-69)54-81(106)89-76-34-31-73(63(2)26-37-87(113)114)101(76,11)84(109)57-79(89)98)61-96(6,60-94)93(119)105-47-21-15-18-24-50-122-70-41-44-99(9)67(53-70)55-82(107)90-77-35-32-74(64(3)27-38-88(115)116)102(77,12)85(110)58-80(90)99/h62-85,89-90,106-110H,13-61H2,1-12H3,(H,103,117)(H,104,118)(H,105,119)(H,111,112)(H,113,114)(H,115,116)/t62-,63-,64-,65-,66+,67+,68+,69+,70+,71+,72-,73-,74-,75+,76+,77+,78+,79+,80?,81-,82-,83+,84+,85+,89+,90+,94?,95?,96?,97+,98?,99+,100-,101-,102-/m1/s1. The Kier molecular flexibility index (Phi) is 30.9. The first-order chi connectivity index (χ1) is 57.8. The lowest BCUT2D eigenvalue weighted by Gasteiger charge is -2.63. The number of unbranched alkanes of at least 4 members (excludes halogenated alkanes) is 9. The van der Waals surface area contributed by atoms with Crippen LogP contribution in [0.2, 0.25) is 0 Å². The van der Waals surface area contributed by atoms with E-state index < -0.39 is 58.6 Å². The number of carboxylic acid groups (broad SMARTS) is 3. The Bertz CT molecular complexity index is 3390. The molecule has 11 N–H and O–H groups in total. The molecular weight excluding hydrogens is 1540 g/mol. The summed E-state index contributed by atoms with van der Waals surface area (Å²) in [6.45, 7) is 30.2. The average molecular weight is 1710 g/mol. The first-order valence-corrected chi connectivity index (χ1v) is 50.5. The quantitative estimate of drug-likeness (QED) is 0.0255. The molecule has 3 amide bonds. The number of amides is 3. The van der Waals surface area contributed by atoms with Gasteiger partial charge in [0, 0.05) is 75.0 Å². The topological polar surface area (TPSA) is 328 Å². The van der Waals surface area contributed by atoms with Crippen molar-refractivity contribution in [1.82, 2.24) is 16.0 Å².